The van der Waals surface area contributed by atoms with Crippen LogP contribution in [-0.4, -0.2) is 21.8 Å². The molecule has 0 spiro atoms. The fraction of sp³-hybridized carbons (Fsp3) is 0.600. The second-order valence-electron chi connectivity index (χ2n) is 5.23. The highest BCUT2D eigenvalue weighted by molar-refractivity contribution is 7.85. The van der Waals surface area contributed by atoms with Crippen molar-refractivity contribution >= 4 is 10.8 Å². The van der Waals surface area contributed by atoms with Crippen LogP contribution in [0.2, 0.25) is 0 Å². The lowest BCUT2D eigenvalue weighted by atomic mass is 9.84. The van der Waals surface area contributed by atoms with Crippen molar-refractivity contribution in [1.82, 2.24) is 0 Å². The first kappa shape index (κ1) is 13.8. The predicted octanol–water partition coefficient (Wildman–Crippen LogP) is 2.59. The number of hydrogen-bond acceptors (Lipinski definition) is 2. The van der Waals surface area contributed by atoms with Crippen LogP contribution in [0, 0.1) is 0 Å². The molecule has 0 aromatic heterocycles. The Morgan fingerprint density at radius 3 is 3.00 bits per heavy atom. The minimum absolute atomic E-state index is 0.0877. The van der Waals surface area contributed by atoms with E-state index in [1.165, 1.54) is 30.4 Å². The third-order valence-electron chi connectivity index (χ3n) is 3.81. The molecule has 2 nitrogen and oxygen atoms in total. The van der Waals surface area contributed by atoms with Gasteiger partial charge in [-0.15, -0.1) is 0 Å². The molecular formula is C15H23NOS. The Morgan fingerprint density at radius 1 is 1.44 bits per heavy atom. The third-order valence-corrected chi connectivity index (χ3v) is 5.38. The topological polar surface area (TPSA) is 43.1 Å². The Hall–Kier alpha value is -0.670. The molecule has 1 aromatic carbocycles. The average Bonchev–Trinajstić information content (AvgIpc) is 2.39. The van der Waals surface area contributed by atoms with Gasteiger partial charge in [-0.2, -0.15) is 0 Å². The van der Waals surface area contributed by atoms with E-state index in [-0.39, 0.29) is 6.04 Å². The summed E-state index contributed by atoms with van der Waals surface area (Å²) in [6.07, 6.45) is 4.48. The number of benzene rings is 1. The summed E-state index contributed by atoms with van der Waals surface area (Å²) in [5.74, 6) is 1.90. The Labute approximate surface area is 112 Å². The van der Waals surface area contributed by atoms with Crippen LogP contribution in [-0.2, 0) is 17.2 Å². The van der Waals surface area contributed by atoms with Gasteiger partial charge in [-0.05, 0) is 42.7 Å². The molecule has 2 N–H and O–H groups in total. The highest BCUT2D eigenvalue weighted by atomic mass is 32.2. The highest BCUT2D eigenvalue weighted by Gasteiger charge is 2.22. The van der Waals surface area contributed by atoms with Gasteiger partial charge < -0.3 is 5.73 Å². The van der Waals surface area contributed by atoms with E-state index >= 15 is 0 Å². The van der Waals surface area contributed by atoms with E-state index in [0.717, 1.165) is 12.2 Å². The molecule has 0 aliphatic heterocycles. The minimum atomic E-state index is -0.780. The van der Waals surface area contributed by atoms with E-state index in [0.29, 0.717) is 11.7 Å². The second kappa shape index (κ2) is 6.48. The van der Waals surface area contributed by atoms with Crippen LogP contribution >= 0.6 is 0 Å². The third kappa shape index (κ3) is 3.42. The SMILES string of the molecule is CCC(N)CS(=O)CC1CCCc2ccccc21. The Kier molecular flexibility index (Phi) is 4.95. The van der Waals surface area contributed by atoms with E-state index < -0.39 is 10.8 Å². The van der Waals surface area contributed by atoms with Crippen molar-refractivity contribution in [3.05, 3.63) is 35.4 Å². The molecule has 1 aromatic rings. The molecule has 3 heteroatoms. The number of nitrogens with two attached hydrogens (primary N) is 1. The maximum Gasteiger partial charge on any atom is 0.0386 e. The zero-order valence-electron chi connectivity index (χ0n) is 11.1. The first-order valence-electron chi connectivity index (χ1n) is 6.89. The van der Waals surface area contributed by atoms with Crippen molar-refractivity contribution in [3.8, 4) is 0 Å². The fourth-order valence-electron chi connectivity index (χ4n) is 2.68. The molecule has 0 radical (unpaired) electrons. The molecule has 1 aliphatic carbocycles. The Morgan fingerprint density at radius 2 is 2.22 bits per heavy atom. The summed E-state index contributed by atoms with van der Waals surface area (Å²) >= 11 is 0. The van der Waals surface area contributed by atoms with Gasteiger partial charge in [-0.1, -0.05) is 31.2 Å². The molecule has 2 rings (SSSR count). The monoisotopic (exact) mass is 265 g/mol. The van der Waals surface area contributed by atoms with Crippen LogP contribution in [0.25, 0.3) is 0 Å². The standard InChI is InChI=1S/C15H23NOS/c1-2-14(16)11-18(17)10-13-8-5-7-12-6-3-4-9-15(12)13/h3-4,6,9,13-14H,2,5,7-8,10-11,16H2,1H3. The van der Waals surface area contributed by atoms with Gasteiger partial charge in [0.1, 0.15) is 0 Å². The van der Waals surface area contributed by atoms with Crippen molar-refractivity contribution in [1.29, 1.82) is 0 Å². The van der Waals surface area contributed by atoms with E-state index in [2.05, 4.69) is 31.2 Å². The highest BCUT2D eigenvalue weighted by Crippen LogP contribution is 2.32. The van der Waals surface area contributed by atoms with E-state index in [9.17, 15) is 4.21 Å². The molecular weight excluding hydrogens is 242 g/mol. The zero-order chi connectivity index (χ0) is 13.0. The summed E-state index contributed by atoms with van der Waals surface area (Å²) < 4.78 is 12.1. The van der Waals surface area contributed by atoms with E-state index in [1.54, 1.807) is 0 Å². The van der Waals surface area contributed by atoms with Gasteiger partial charge >= 0.3 is 0 Å². The van der Waals surface area contributed by atoms with Gasteiger partial charge in [-0.25, -0.2) is 0 Å². The Bertz CT molecular complexity index is 419. The van der Waals surface area contributed by atoms with Crippen LogP contribution in [0.1, 0.15) is 43.2 Å². The van der Waals surface area contributed by atoms with Gasteiger partial charge in [0.2, 0.25) is 0 Å². The van der Waals surface area contributed by atoms with Gasteiger partial charge in [0.25, 0.3) is 0 Å². The van der Waals surface area contributed by atoms with Gasteiger partial charge in [0.15, 0.2) is 0 Å². The average molecular weight is 265 g/mol. The summed E-state index contributed by atoms with van der Waals surface area (Å²) in [7, 11) is -0.780. The summed E-state index contributed by atoms with van der Waals surface area (Å²) in [5, 5.41) is 0. The molecule has 0 saturated carbocycles. The fourth-order valence-corrected chi connectivity index (χ4v) is 4.32. The molecule has 0 saturated heterocycles. The molecule has 100 valence electrons. The van der Waals surface area contributed by atoms with Crippen molar-refractivity contribution < 1.29 is 4.21 Å². The Balaban J connectivity index is 2.01. The molecule has 3 atom stereocenters. The quantitative estimate of drug-likeness (QED) is 0.889. The van der Waals surface area contributed by atoms with Crippen molar-refractivity contribution in [2.45, 2.75) is 44.6 Å². The second-order valence-corrected chi connectivity index (χ2v) is 6.78. The molecule has 0 fully saturated rings. The molecule has 0 amide bonds. The van der Waals surface area contributed by atoms with Crippen LogP contribution in [0.3, 0.4) is 0 Å². The minimum Gasteiger partial charge on any atom is -0.327 e. The lowest BCUT2D eigenvalue weighted by molar-refractivity contribution is 0.585. The molecule has 1 aliphatic rings. The van der Waals surface area contributed by atoms with Crippen molar-refractivity contribution in [2.75, 3.05) is 11.5 Å². The summed E-state index contributed by atoms with van der Waals surface area (Å²) in [4.78, 5) is 0. The van der Waals surface area contributed by atoms with E-state index in [1.807, 2.05) is 0 Å². The predicted molar refractivity (Wildman–Crippen MR) is 78.3 cm³/mol. The normalized spacial score (nSPS) is 22.2. The molecule has 0 bridgehead atoms. The maximum atomic E-state index is 12.1. The number of rotatable bonds is 5. The zero-order valence-corrected chi connectivity index (χ0v) is 11.9. The van der Waals surface area contributed by atoms with Gasteiger partial charge in [0.05, 0.1) is 0 Å². The maximum absolute atomic E-state index is 12.1. The van der Waals surface area contributed by atoms with Gasteiger partial charge in [0, 0.05) is 28.3 Å². The summed E-state index contributed by atoms with van der Waals surface area (Å²) in [5.41, 5.74) is 8.75. The smallest absolute Gasteiger partial charge is 0.0386 e. The molecule has 0 heterocycles. The number of fused-ring (bicyclic) bond motifs is 1. The first-order valence-corrected chi connectivity index (χ1v) is 8.38. The molecule has 3 unspecified atom stereocenters. The van der Waals surface area contributed by atoms with Crippen LogP contribution < -0.4 is 5.73 Å². The largest absolute Gasteiger partial charge is 0.327 e. The summed E-state index contributed by atoms with van der Waals surface area (Å²) in [6, 6.07) is 8.70. The van der Waals surface area contributed by atoms with E-state index in [4.69, 9.17) is 5.73 Å². The van der Waals surface area contributed by atoms with Crippen molar-refractivity contribution in [3.63, 3.8) is 0 Å². The number of hydrogen-bond donors (Lipinski definition) is 1. The van der Waals surface area contributed by atoms with Crippen LogP contribution in [0.4, 0.5) is 0 Å². The van der Waals surface area contributed by atoms with Crippen LogP contribution in [0.15, 0.2) is 24.3 Å². The van der Waals surface area contributed by atoms with Crippen molar-refractivity contribution in [2.24, 2.45) is 5.73 Å². The first-order chi connectivity index (χ1) is 8.70. The molecule has 18 heavy (non-hydrogen) atoms. The number of aryl methyl sites for hydroxylation is 1. The summed E-state index contributed by atoms with van der Waals surface area (Å²) in [6.45, 7) is 2.05. The lowest BCUT2D eigenvalue weighted by Gasteiger charge is -2.25. The lowest BCUT2D eigenvalue weighted by Crippen LogP contribution is -2.28. The van der Waals surface area contributed by atoms with Crippen LogP contribution in [0.5, 0.6) is 0 Å². The van der Waals surface area contributed by atoms with Gasteiger partial charge in [-0.3, -0.25) is 4.21 Å².